The molecule has 0 unspecified atom stereocenters. The third-order valence-electron chi connectivity index (χ3n) is 0.792. The zero-order valence-electron chi connectivity index (χ0n) is 4.72. The van der Waals surface area contributed by atoms with E-state index in [4.69, 9.17) is 5.84 Å². The summed E-state index contributed by atoms with van der Waals surface area (Å²) >= 11 is 0. The molecular weight excluding hydrogens is 88.1 g/mol. The van der Waals surface area contributed by atoms with Crippen molar-refractivity contribution in [1.29, 1.82) is 0 Å². The van der Waals surface area contributed by atoms with Gasteiger partial charge >= 0.3 is 0 Å². The molecule has 0 aromatic heterocycles. The summed E-state index contributed by atoms with van der Waals surface area (Å²) < 4.78 is 0. The van der Waals surface area contributed by atoms with Crippen LogP contribution in [0, 0.1) is 0 Å². The van der Waals surface area contributed by atoms with Gasteiger partial charge in [0.25, 0.3) is 0 Å². The van der Waals surface area contributed by atoms with Gasteiger partial charge in [-0.1, -0.05) is 13.3 Å². The average Bonchev–Trinajstić information content (AvgIpc) is 1.69. The van der Waals surface area contributed by atoms with E-state index in [9.17, 15) is 0 Å². The lowest BCUT2D eigenvalue weighted by Crippen LogP contribution is -1.81. The summed E-state index contributed by atoms with van der Waals surface area (Å²) in [6, 6.07) is 0. The predicted molar refractivity (Wildman–Crippen MR) is 32.2 cm³/mol. The highest BCUT2D eigenvalue weighted by Crippen LogP contribution is 1.87. The van der Waals surface area contributed by atoms with Crippen molar-refractivity contribution in [3.8, 4) is 0 Å². The van der Waals surface area contributed by atoms with Crippen molar-refractivity contribution in [2.45, 2.75) is 26.2 Å². The molecule has 0 amide bonds. The molecule has 0 fully saturated rings. The lowest BCUT2D eigenvalue weighted by molar-refractivity contribution is 0.840. The summed E-state index contributed by atoms with van der Waals surface area (Å²) in [5.41, 5.74) is 0. The fourth-order valence-electron chi connectivity index (χ4n) is 0.370. The van der Waals surface area contributed by atoms with E-state index in [0.29, 0.717) is 0 Å². The van der Waals surface area contributed by atoms with Crippen LogP contribution in [0.15, 0.2) is 5.10 Å². The van der Waals surface area contributed by atoms with Crippen LogP contribution < -0.4 is 5.84 Å². The van der Waals surface area contributed by atoms with Gasteiger partial charge in [0, 0.05) is 6.21 Å². The smallest absolute Gasteiger partial charge is 0.0240 e. The normalized spacial score (nSPS) is 10.4. The molecule has 0 saturated heterocycles. The van der Waals surface area contributed by atoms with Gasteiger partial charge in [-0.05, 0) is 12.8 Å². The molecule has 0 bridgehead atoms. The van der Waals surface area contributed by atoms with Gasteiger partial charge in [-0.25, -0.2) is 0 Å². The SMILES string of the molecule is CCCCC=NN. The van der Waals surface area contributed by atoms with Crippen LogP contribution in [0.3, 0.4) is 0 Å². The van der Waals surface area contributed by atoms with E-state index in [1.165, 1.54) is 12.8 Å². The topological polar surface area (TPSA) is 38.4 Å². The van der Waals surface area contributed by atoms with Crippen LogP contribution in [0.1, 0.15) is 26.2 Å². The van der Waals surface area contributed by atoms with Gasteiger partial charge < -0.3 is 5.84 Å². The minimum atomic E-state index is 1.02. The van der Waals surface area contributed by atoms with Crippen molar-refractivity contribution in [3.63, 3.8) is 0 Å². The molecule has 2 N–H and O–H groups in total. The summed E-state index contributed by atoms with van der Waals surface area (Å²) in [5, 5.41) is 3.35. The van der Waals surface area contributed by atoms with E-state index < -0.39 is 0 Å². The van der Waals surface area contributed by atoms with Gasteiger partial charge in [-0.2, -0.15) is 5.10 Å². The molecule has 0 aromatic carbocycles. The second-order valence-electron chi connectivity index (χ2n) is 1.47. The standard InChI is InChI=1S/C5H12N2/c1-2-3-4-5-7-6/h5H,2-4,6H2,1H3. The third kappa shape index (κ3) is 5.47. The van der Waals surface area contributed by atoms with Gasteiger partial charge in [0.15, 0.2) is 0 Å². The van der Waals surface area contributed by atoms with E-state index in [-0.39, 0.29) is 0 Å². The number of unbranched alkanes of at least 4 members (excludes halogenated alkanes) is 2. The molecule has 2 heteroatoms. The number of rotatable bonds is 3. The maximum Gasteiger partial charge on any atom is 0.0240 e. The average molecular weight is 100 g/mol. The first-order valence-electron chi connectivity index (χ1n) is 2.63. The Labute approximate surface area is 44.4 Å². The monoisotopic (exact) mass is 100 g/mol. The van der Waals surface area contributed by atoms with Gasteiger partial charge in [0.05, 0.1) is 0 Å². The quantitative estimate of drug-likeness (QED) is 0.245. The first kappa shape index (κ1) is 6.47. The fraction of sp³-hybridized carbons (Fsp3) is 0.800. The first-order chi connectivity index (χ1) is 3.41. The highest BCUT2D eigenvalue weighted by molar-refractivity contribution is 5.56. The molecule has 0 saturated carbocycles. The second kappa shape index (κ2) is 5.47. The first-order valence-corrected chi connectivity index (χ1v) is 2.63. The van der Waals surface area contributed by atoms with E-state index in [1.54, 1.807) is 6.21 Å². The van der Waals surface area contributed by atoms with Gasteiger partial charge in [0.2, 0.25) is 0 Å². The van der Waals surface area contributed by atoms with Crippen molar-refractivity contribution >= 4 is 6.21 Å². The maximum atomic E-state index is 4.84. The predicted octanol–water partition coefficient (Wildman–Crippen LogP) is 1.12. The van der Waals surface area contributed by atoms with Crippen LogP contribution in [-0.2, 0) is 0 Å². The Balaban J connectivity index is 2.69. The van der Waals surface area contributed by atoms with Crippen LogP contribution in [0.4, 0.5) is 0 Å². The molecule has 0 atom stereocenters. The Morgan fingerprint density at radius 3 is 2.86 bits per heavy atom. The largest absolute Gasteiger partial charge is 0.324 e. The molecule has 0 aromatic rings. The fourth-order valence-corrected chi connectivity index (χ4v) is 0.370. The van der Waals surface area contributed by atoms with Crippen molar-refractivity contribution in [3.05, 3.63) is 0 Å². The van der Waals surface area contributed by atoms with Gasteiger partial charge in [-0.15, -0.1) is 0 Å². The van der Waals surface area contributed by atoms with Crippen LogP contribution in [0.2, 0.25) is 0 Å². The number of nitrogens with two attached hydrogens (primary N) is 1. The lowest BCUT2D eigenvalue weighted by atomic mass is 10.3. The Morgan fingerprint density at radius 1 is 1.71 bits per heavy atom. The zero-order chi connectivity index (χ0) is 5.54. The van der Waals surface area contributed by atoms with E-state index >= 15 is 0 Å². The van der Waals surface area contributed by atoms with Crippen LogP contribution >= 0.6 is 0 Å². The Bertz CT molecular complexity index is 50.0. The molecule has 42 valence electrons. The second-order valence-corrected chi connectivity index (χ2v) is 1.47. The Hall–Kier alpha value is -0.530. The van der Waals surface area contributed by atoms with E-state index in [1.807, 2.05) is 0 Å². The summed E-state index contributed by atoms with van der Waals surface area (Å²) in [4.78, 5) is 0. The third-order valence-corrected chi connectivity index (χ3v) is 0.792. The maximum absolute atomic E-state index is 4.84. The minimum Gasteiger partial charge on any atom is -0.324 e. The van der Waals surface area contributed by atoms with Gasteiger partial charge in [-0.3, -0.25) is 0 Å². The highest BCUT2D eigenvalue weighted by Gasteiger charge is 1.74. The number of hydrazone groups is 1. The summed E-state index contributed by atoms with van der Waals surface area (Å²) in [5.74, 6) is 4.84. The summed E-state index contributed by atoms with van der Waals surface area (Å²) in [7, 11) is 0. The lowest BCUT2D eigenvalue weighted by Gasteiger charge is -1.82. The van der Waals surface area contributed by atoms with E-state index in [0.717, 1.165) is 6.42 Å². The highest BCUT2D eigenvalue weighted by atomic mass is 15.1. The molecular formula is C5H12N2. The molecule has 0 radical (unpaired) electrons. The van der Waals surface area contributed by atoms with Crippen molar-refractivity contribution in [2.24, 2.45) is 10.9 Å². The molecule has 2 nitrogen and oxygen atoms in total. The van der Waals surface area contributed by atoms with Crippen LogP contribution in [0.5, 0.6) is 0 Å². The Morgan fingerprint density at radius 2 is 2.43 bits per heavy atom. The molecule has 0 aliphatic carbocycles. The van der Waals surface area contributed by atoms with Gasteiger partial charge in [0.1, 0.15) is 0 Å². The number of nitrogens with zero attached hydrogens (tertiary/aromatic N) is 1. The molecule has 7 heavy (non-hydrogen) atoms. The van der Waals surface area contributed by atoms with Crippen molar-refractivity contribution < 1.29 is 0 Å². The number of hydrogen-bond acceptors (Lipinski definition) is 2. The summed E-state index contributed by atoms with van der Waals surface area (Å²) in [6.07, 6.45) is 5.17. The van der Waals surface area contributed by atoms with E-state index in [2.05, 4.69) is 12.0 Å². The molecule has 0 rings (SSSR count). The van der Waals surface area contributed by atoms with Crippen molar-refractivity contribution in [1.82, 2.24) is 0 Å². The summed E-state index contributed by atoms with van der Waals surface area (Å²) in [6.45, 7) is 2.14. The van der Waals surface area contributed by atoms with Crippen LogP contribution in [-0.4, -0.2) is 6.21 Å². The Kier molecular flexibility index (Phi) is 5.06. The van der Waals surface area contributed by atoms with Crippen molar-refractivity contribution in [2.75, 3.05) is 0 Å². The number of hydrogen-bond donors (Lipinski definition) is 1. The molecule has 0 heterocycles. The van der Waals surface area contributed by atoms with Crippen LogP contribution in [0.25, 0.3) is 0 Å². The molecule has 0 aliphatic heterocycles. The molecule has 0 spiro atoms. The minimum absolute atomic E-state index is 1.02. The molecule has 0 aliphatic rings. The zero-order valence-corrected chi connectivity index (χ0v) is 4.72.